The van der Waals surface area contributed by atoms with E-state index in [0.29, 0.717) is 6.04 Å². The van der Waals surface area contributed by atoms with Crippen LogP contribution in [0.2, 0.25) is 0 Å². The van der Waals surface area contributed by atoms with E-state index in [0.717, 1.165) is 24.6 Å². The lowest BCUT2D eigenvalue weighted by Crippen LogP contribution is -2.33. The Morgan fingerprint density at radius 2 is 1.83 bits per heavy atom. The van der Waals surface area contributed by atoms with Gasteiger partial charge in [-0.25, -0.2) is 0 Å². The molecule has 0 saturated heterocycles. The highest BCUT2D eigenvalue weighted by Gasteiger charge is 2.10. The average molecular weight is 249 g/mol. The average Bonchev–Trinajstić information content (AvgIpc) is 2.36. The quantitative estimate of drug-likeness (QED) is 0.759. The van der Waals surface area contributed by atoms with Crippen molar-refractivity contribution in [2.24, 2.45) is 5.92 Å². The number of hydrogen-bond acceptors (Lipinski definition) is 2. The zero-order valence-electron chi connectivity index (χ0n) is 12.2. The largest absolute Gasteiger partial charge is 0.497 e. The van der Waals surface area contributed by atoms with Crippen LogP contribution < -0.4 is 10.1 Å². The van der Waals surface area contributed by atoms with Crippen LogP contribution in [0.15, 0.2) is 24.3 Å². The van der Waals surface area contributed by atoms with Gasteiger partial charge in [-0.1, -0.05) is 32.9 Å². The lowest BCUT2D eigenvalue weighted by molar-refractivity contribution is 0.411. The molecule has 0 heterocycles. The van der Waals surface area contributed by atoms with Gasteiger partial charge in [0.25, 0.3) is 0 Å². The third-order valence-corrected chi connectivity index (χ3v) is 3.08. The predicted molar refractivity (Wildman–Crippen MR) is 78.2 cm³/mol. The Morgan fingerprint density at radius 3 is 2.33 bits per heavy atom. The van der Waals surface area contributed by atoms with Gasteiger partial charge in [-0.15, -0.1) is 0 Å². The minimum atomic E-state index is 0.582. The second kappa shape index (κ2) is 8.15. The number of benzene rings is 1. The van der Waals surface area contributed by atoms with E-state index in [-0.39, 0.29) is 0 Å². The van der Waals surface area contributed by atoms with E-state index in [4.69, 9.17) is 4.74 Å². The summed E-state index contributed by atoms with van der Waals surface area (Å²) in [4.78, 5) is 0. The van der Waals surface area contributed by atoms with Gasteiger partial charge in [-0.3, -0.25) is 0 Å². The summed E-state index contributed by atoms with van der Waals surface area (Å²) in [7, 11) is 1.71. The molecular formula is C16H27NO. The van der Waals surface area contributed by atoms with Crippen LogP contribution in [0.4, 0.5) is 0 Å². The van der Waals surface area contributed by atoms with Gasteiger partial charge in [0.15, 0.2) is 0 Å². The molecule has 0 amide bonds. The van der Waals surface area contributed by atoms with E-state index < -0.39 is 0 Å². The van der Waals surface area contributed by atoms with E-state index in [1.807, 2.05) is 12.1 Å². The first kappa shape index (κ1) is 15.0. The molecule has 1 atom stereocenters. The predicted octanol–water partition coefficient (Wildman–Crippen LogP) is 3.65. The van der Waals surface area contributed by atoms with E-state index in [1.54, 1.807) is 7.11 Å². The molecule has 2 heteroatoms. The summed E-state index contributed by atoms with van der Waals surface area (Å²) in [6.45, 7) is 7.89. The lowest BCUT2D eigenvalue weighted by atomic mass is 9.97. The van der Waals surface area contributed by atoms with Crippen LogP contribution in [0.1, 0.15) is 39.2 Å². The molecule has 102 valence electrons. The SMILES string of the molecule is CCCNC(Cc1ccc(OC)cc1)CC(C)C. The fraction of sp³-hybridized carbons (Fsp3) is 0.625. The van der Waals surface area contributed by atoms with Gasteiger partial charge in [0.05, 0.1) is 7.11 Å². The van der Waals surface area contributed by atoms with Gasteiger partial charge in [-0.05, 0) is 49.4 Å². The normalized spacial score (nSPS) is 12.7. The lowest BCUT2D eigenvalue weighted by Gasteiger charge is -2.20. The van der Waals surface area contributed by atoms with Crippen LogP contribution in [0.25, 0.3) is 0 Å². The first-order chi connectivity index (χ1) is 8.65. The highest BCUT2D eigenvalue weighted by molar-refractivity contribution is 5.27. The van der Waals surface area contributed by atoms with E-state index in [1.165, 1.54) is 18.4 Å². The second-order valence-corrected chi connectivity index (χ2v) is 5.33. The third-order valence-electron chi connectivity index (χ3n) is 3.08. The Morgan fingerprint density at radius 1 is 1.17 bits per heavy atom. The molecule has 1 aromatic carbocycles. The maximum atomic E-state index is 5.19. The maximum absolute atomic E-state index is 5.19. The van der Waals surface area contributed by atoms with Crippen LogP contribution >= 0.6 is 0 Å². The van der Waals surface area contributed by atoms with Gasteiger partial charge >= 0.3 is 0 Å². The van der Waals surface area contributed by atoms with Gasteiger partial charge in [-0.2, -0.15) is 0 Å². The number of rotatable bonds is 8. The van der Waals surface area contributed by atoms with Crippen molar-refractivity contribution in [1.29, 1.82) is 0 Å². The fourth-order valence-electron chi connectivity index (χ4n) is 2.20. The molecule has 0 saturated carbocycles. The molecule has 0 aliphatic carbocycles. The molecule has 0 spiro atoms. The minimum Gasteiger partial charge on any atom is -0.497 e. The topological polar surface area (TPSA) is 21.3 Å². The van der Waals surface area contributed by atoms with Crippen molar-refractivity contribution >= 4 is 0 Å². The molecule has 1 N–H and O–H groups in total. The van der Waals surface area contributed by atoms with Gasteiger partial charge < -0.3 is 10.1 Å². The van der Waals surface area contributed by atoms with Crippen LogP contribution in [0.5, 0.6) is 5.75 Å². The minimum absolute atomic E-state index is 0.582. The zero-order chi connectivity index (χ0) is 13.4. The van der Waals surface area contributed by atoms with Crippen molar-refractivity contribution < 1.29 is 4.74 Å². The molecule has 0 aromatic heterocycles. The van der Waals surface area contributed by atoms with E-state index >= 15 is 0 Å². The molecular weight excluding hydrogens is 222 g/mol. The summed E-state index contributed by atoms with van der Waals surface area (Å²) in [6, 6.07) is 9.00. The number of nitrogens with one attached hydrogen (secondary N) is 1. The number of methoxy groups -OCH3 is 1. The van der Waals surface area contributed by atoms with Crippen LogP contribution in [-0.4, -0.2) is 19.7 Å². The Balaban J connectivity index is 2.56. The Hall–Kier alpha value is -1.02. The second-order valence-electron chi connectivity index (χ2n) is 5.33. The number of ether oxygens (including phenoxy) is 1. The summed E-state index contributed by atoms with van der Waals surface area (Å²) in [5.41, 5.74) is 1.38. The Labute approximate surface area is 112 Å². The molecule has 0 aliphatic rings. The summed E-state index contributed by atoms with van der Waals surface area (Å²) in [5, 5.41) is 3.65. The van der Waals surface area contributed by atoms with Crippen molar-refractivity contribution in [1.82, 2.24) is 5.32 Å². The monoisotopic (exact) mass is 249 g/mol. The maximum Gasteiger partial charge on any atom is 0.118 e. The van der Waals surface area contributed by atoms with Crippen molar-refractivity contribution in [3.8, 4) is 5.75 Å². The molecule has 18 heavy (non-hydrogen) atoms. The Bertz CT molecular complexity index is 318. The van der Waals surface area contributed by atoms with Crippen molar-refractivity contribution in [2.75, 3.05) is 13.7 Å². The van der Waals surface area contributed by atoms with Crippen LogP contribution in [-0.2, 0) is 6.42 Å². The van der Waals surface area contributed by atoms with Crippen LogP contribution in [0, 0.1) is 5.92 Å². The standard InChI is InChI=1S/C16H27NO/c1-5-10-17-15(11-13(2)3)12-14-6-8-16(18-4)9-7-14/h6-9,13,15,17H,5,10-12H2,1-4H3. The molecule has 0 bridgehead atoms. The van der Waals surface area contributed by atoms with Gasteiger partial charge in [0.2, 0.25) is 0 Å². The first-order valence-electron chi connectivity index (χ1n) is 7.02. The van der Waals surface area contributed by atoms with E-state index in [9.17, 15) is 0 Å². The van der Waals surface area contributed by atoms with Crippen molar-refractivity contribution in [3.63, 3.8) is 0 Å². The number of hydrogen-bond donors (Lipinski definition) is 1. The highest BCUT2D eigenvalue weighted by Crippen LogP contribution is 2.15. The summed E-state index contributed by atoms with van der Waals surface area (Å²) in [5.74, 6) is 1.67. The Kier molecular flexibility index (Phi) is 6.81. The third kappa shape index (κ3) is 5.54. The summed E-state index contributed by atoms with van der Waals surface area (Å²) >= 11 is 0. The molecule has 0 radical (unpaired) electrons. The first-order valence-corrected chi connectivity index (χ1v) is 7.02. The van der Waals surface area contributed by atoms with Gasteiger partial charge in [0.1, 0.15) is 5.75 Å². The smallest absolute Gasteiger partial charge is 0.118 e. The molecule has 2 nitrogen and oxygen atoms in total. The summed E-state index contributed by atoms with van der Waals surface area (Å²) in [6.07, 6.45) is 3.52. The fourth-order valence-corrected chi connectivity index (χ4v) is 2.20. The zero-order valence-corrected chi connectivity index (χ0v) is 12.2. The van der Waals surface area contributed by atoms with Crippen LogP contribution in [0.3, 0.4) is 0 Å². The molecule has 0 fully saturated rings. The van der Waals surface area contributed by atoms with Crippen molar-refractivity contribution in [3.05, 3.63) is 29.8 Å². The van der Waals surface area contributed by atoms with Gasteiger partial charge in [0, 0.05) is 6.04 Å². The molecule has 0 aliphatic heterocycles. The highest BCUT2D eigenvalue weighted by atomic mass is 16.5. The van der Waals surface area contributed by atoms with E-state index in [2.05, 4.69) is 38.2 Å². The molecule has 1 unspecified atom stereocenters. The summed E-state index contributed by atoms with van der Waals surface area (Å²) < 4.78 is 5.19. The molecule has 1 rings (SSSR count). The van der Waals surface area contributed by atoms with Crippen molar-refractivity contribution in [2.45, 2.75) is 46.1 Å². The molecule has 1 aromatic rings.